The maximum Gasteiger partial charge on any atom is 0.302 e. The van der Waals surface area contributed by atoms with Gasteiger partial charge in [0.25, 0.3) is 5.78 Å². The summed E-state index contributed by atoms with van der Waals surface area (Å²) in [5.74, 6) is -1.20. The lowest BCUT2D eigenvalue weighted by Gasteiger charge is -2.23. The van der Waals surface area contributed by atoms with Gasteiger partial charge in [0.15, 0.2) is 0 Å². The molecule has 0 radical (unpaired) electrons. The lowest BCUT2D eigenvalue weighted by Crippen LogP contribution is -2.30. The zero-order valence-corrected chi connectivity index (χ0v) is 18.9. The Labute approximate surface area is 201 Å². The normalized spacial score (nSPS) is 17.3. The van der Waals surface area contributed by atoms with Crippen LogP contribution < -0.4 is 9.64 Å². The van der Waals surface area contributed by atoms with Crippen LogP contribution in [0, 0.1) is 0 Å². The SMILES string of the molecule is CCCOc1cccc(/C(O)=C2\C(=O)C(=O)N(c3nc4ccccc4[nH]3)C2c2ccc(O)cc2)c1. The molecule has 1 amide bonds. The predicted octanol–water partition coefficient (Wildman–Crippen LogP) is 4.68. The van der Waals surface area contributed by atoms with Crippen LogP contribution in [0.3, 0.4) is 0 Å². The van der Waals surface area contributed by atoms with Crippen LogP contribution in [0.2, 0.25) is 0 Å². The summed E-state index contributed by atoms with van der Waals surface area (Å²) in [6, 6.07) is 19.2. The van der Waals surface area contributed by atoms with Crippen LogP contribution in [0.5, 0.6) is 11.5 Å². The average molecular weight is 469 g/mol. The van der Waals surface area contributed by atoms with Crippen molar-refractivity contribution in [3.63, 3.8) is 0 Å². The Kier molecular flexibility index (Phi) is 5.70. The molecule has 1 aromatic heterocycles. The number of aliphatic hydroxyl groups is 1. The first-order valence-electron chi connectivity index (χ1n) is 11.3. The van der Waals surface area contributed by atoms with E-state index in [0.717, 1.165) is 6.42 Å². The lowest BCUT2D eigenvalue weighted by atomic mass is 9.95. The number of para-hydroxylation sites is 2. The van der Waals surface area contributed by atoms with Gasteiger partial charge >= 0.3 is 5.91 Å². The van der Waals surface area contributed by atoms with Crippen LogP contribution in [0.1, 0.15) is 30.5 Å². The van der Waals surface area contributed by atoms with E-state index in [4.69, 9.17) is 4.74 Å². The largest absolute Gasteiger partial charge is 0.508 e. The van der Waals surface area contributed by atoms with Gasteiger partial charge in [-0.3, -0.25) is 14.5 Å². The summed E-state index contributed by atoms with van der Waals surface area (Å²) in [4.78, 5) is 35.4. The van der Waals surface area contributed by atoms with E-state index >= 15 is 0 Å². The number of amides is 1. The zero-order valence-electron chi connectivity index (χ0n) is 18.9. The highest BCUT2D eigenvalue weighted by Crippen LogP contribution is 2.42. The molecule has 8 nitrogen and oxygen atoms in total. The van der Waals surface area contributed by atoms with Crippen LogP contribution in [0.25, 0.3) is 16.8 Å². The quantitative estimate of drug-likeness (QED) is 0.214. The average Bonchev–Trinajstić information content (AvgIpc) is 3.41. The number of hydrogen-bond acceptors (Lipinski definition) is 6. The van der Waals surface area contributed by atoms with E-state index in [1.165, 1.54) is 17.0 Å². The number of nitrogens with one attached hydrogen (secondary N) is 1. The number of H-pyrrole nitrogens is 1. The van der Waals surface area contributed by atoms with Crippen molar-refractivity contribution in [2.75, 3.05) is 11.5 Å². The number of ether oxygens (including phenoxy) is 1. The molecular weight excluding hydrogens is 446 g/mol. The van der Waals surface area contributed by atoms with Gasteiger partial charge in [-0.2, -0.15) is 0 Å². The minimum atomic E-state index is -0.962. The highest BCUT2D eigenvalue weighted by Gasteiger charge is 2.48. The molecule has 1 aliphatic heterocycles. The minimum Gasteiger partial charge on any atom is -0.508 e. The Balaban J connectivity index is 1.68. The van der Waals surface area contributed by atoms with Crippen molar-refractivity contribution in [1.82, 2.24) is 9.97 Å². The van der Waals surface area contributed by atoms with E-state index in [9.17, 15) is 19.8 Å². The monoisotopic (exact) mass is 469 g/mol. The molecule has 176 valence electrons. The number of Topliss-reactive ketones (excluding diaryl/α,β-unsaturated/α-hetero) is 1. The summed E-state index contributed by atoms with van der Waals surface area (Å²) in [5.41, 5.74) is 2.14. The molecule has 1 saturated heterocycles. The first kappa shape index (κ1) is 22.2. The van der Waals surface area contributed by atoms with Gasteiger partial charge in [0.1, 0.15) is 17.3 Å². The number of aromatic hydroxyl groups is 1. The molecule has 3 aromatic carbocycles. The van der Waals surface area contributed by atoms with Crippen LogP contribution in [0.15, 0.2) is 78.4 Å². The van der Waals surface area contributed by atoms with E-state index < -0.39 is 17.7 Å². The number of carbonyl (C=O) groups excluding carboxylic acids is 2. The number of imidazole rings is 1. The first-order valence-corrected chi connectivity index (χ1v) is 11.3. The molecule has 0 spiro atoms. The Bertz CT molecular complexity index is 1420. The summed E-state index contributed by atoms with van der Waals surface area (Å²) >= 11 is 0. The molecule has 1 atom stereocenters. The number of fused-ring (bicyclic) bond motifs is 1. The van der Waals surface area contributed by atoms with E-state index in [2.05, 4.69) is 9.97 Å². The standard InChI is InChI=1S/C27H23N3O5/c1-2-14-35-19-7-5-6-17(15-19)24(32)22-23(16-10-12-18(31)13-11-16)30(26(34)25(22)33)27-28-20-8-3-4-9-21(20)29-27/h3-13,15,23,31-32H,2,14H2,1H3,(H,28,29)/b24-22+. The fourth-order valence-corrected chi connectivity index (χ4v) is 4.19. The maximum absolute atomic E-state index is 13.3. The van der Waals surface area contributed by atoms with Gasteiger partial charge in [-0.05, 0) is 48.4 Å². The number of carbonyl (C=O) groups is 2. The van der Waals surface area contributed by atoms with E-state index in [1.54, 1.807) is 42.5 Å². The first-order chi connectivity index (χ1) is 17.0. The smallest absolute Gasteiger partial charge is 0.302 e. The fourth-order valence-electron chi connectivity index (χ4n) is 4.19. The molecule has 35 heavy (non-hydrogen) atoms. The van der Waals surface area contributed by atoms with Crippen molar-refractivity contribution in [3.8, 4) is 11.5 Å². The van der Waals surface area contributed by atoms with Gasteiger partial charge in [0.2, 0.25) is 5.95 Å². The maximum atomic E-state index is 13.3. The van der Waals surface area contributed by atoms with Crippen LogP contribution >= 0.6 is 0 Å². The number of phenols is 1. The third kappa shape index (κ3) is 3.99. The van der Waals surface area contributed by atoms with Gasteiger partial charge in [0.05, 0.1) is 29.3 Å². The van der Waals surface area contributed by atoms with E-state index in [1.807, 2.05) is 25.1 Å². The van der Waals surface area contributed by atoms with Crippen molar-refractivity contribution < 1.29 is 24.5 Å². The molecule has 1 aliphatic rings. The molecule has 2 heterocycles. The van der Waals surface area contributed by atoms with Gasteiger partial charge in [-0.25, -0.2) is 4.98 Å². The summed E-state index contributed by atoms with van der Waals surface area (Å²) in [5, 5.41) is 21.1. The molecule has 1 unspecified atom stereocenters. The number of nitrogens with zero attached hydrogens (tertiary/aromatic N) is 2. The second-order valence-electron chi connectivity index (χ2n) is 8.21. The van der Waals surface area contributed by atoms with Crippen molar-refractivity contribution in [1.29, 1.82) is 0 Å². The predicted molar refractivity (Wildman–Crippen MR) is 131 cm³/mol. The number of hydrogen-bond donors (Lipinski definition) is 3. The van der Waals surface area contributed by atoms with Gasteiger partial charge in [-0.1, -0.05) is 43.3 Å². The van der Waals surface area contributed by atoms with Crippen LogP contribution in [-0.4, -0.2) is 38.5 Å². The number of aliphatic hydroxyl groups excluding tert-OH is 1. The Morgan fingerprint density at radius 1 is 1.06 bits per heavy atom. The van der Waals surface area contributed by atoms with Crippen molar-refractivity contribution in [2.24, 2.45) is 0 Å². The highest BCUT2D eigenvalue weighted by molar-refractivity contribution is 6.51. The fraction of sp³-hybridized carbons (Fsp3) is 0.148. The second kappa shape index (κ2) is 8.98. The molecule has 4 aromatic rings. The minimum absolute atomic E-state index is 0.0372. The Hall–Kier alpha value is -4.59. The van der Waals surface area contributed by atoms with Crippen molar-refractivity contribution in [3.05, 3.63) is 89.5 Å². The third-order valence-electron chi connectivity index (χ3n) is 5.84. The number of anilines is 1. The van der Waals surface area contributed by atoms with E-state index in [-0.39, 0.29) is 23.0 Å². The van der Waals surface area contributed by atoms with Crippen LogP contribution in [0.4, 0.5) is 5.95 Å². The topological polar surface area (TPSA) is 116 Å². The summed E-state index contributed by atoms with van der Waals surface area (Å²) in [7, 11) is 0. The number of benzene rings is 3. The number of rotatable bonds is 6. The lowest BCUT2D eigenvalue weighted by molar-refractivity contribution is -0.132. The van der Waals surface area contributed by atoms with Gasteiger partial charge in [0, 0.05) is 5.56 Å². The molecule has 0 bridgehead atoms. The molecule has 1 fully saturated rings. The molecule has 5 rings (SSSR count). The highest BCUT2D eigenvalue weighted by atomic mass is 16.5. The summed E-state index contributed by atoms with van der Waals surface area (Å²) in [6.45, 7) is 2.50. The third-order valence-corrected chi connectivity index (χ3v) is 5.84. The number of aromatic nitrogens is 2. The van der Waals surface area contributed by atoms with Gasteiger partial charge < -0.3 is 19.9 Å². The number of phenolic OH excluding ortho intramolecular Hbond substituents is 1. The summed E-state index contributed by atoms with van der Waals surface area (Å²) < 4.78 is 5.67. The molecular formula is C27H23N3O5. The summed E-state index contributed by atoms with van der Waals surface area (Å²) in [6.07, 6.45) is 0.819. The Morgan fingerprint density at radius 2 is 1.83 bits per heavy atom. The second-order valence-corrected chi connectivity index (χ2v) is 8.21. The van der Waals surface area contributed by atoms with Crippen LogP contribution in [-0.2, 0) is 9.59 Å². The van der Waals surface area contributed by atoms with Gasteiger partial charge in [-0.15, -0.1) is 0 Å². The molecule has 3 N–H and O–H groups in total. The van der Waals surface area contributed by atoms with Crippen molar-refractivity contribution in [2.45, 2.75) is 19.4 Å². The van der Waals surface area contributed by atoms with Crippen molar-refractivity contribution >= 4 is 34.4 Å². The molecule has 0 aliphatic carbocycles. The Morgan fingerprint density at radius 3 is 2.57 bits per heavy atom. The molecule has 8 heteroatoms. The molecule has 0 saturated carbocycles. The van der Waals surface area contributed by atoms with E-state index in [0.29, 0.717) is 34.5 Å². The zero-order chi connectivity index (χ0) is 24.5. The number of ketones is 1. The number of aromatic amines is 1.